The van der Waals surface area contributed by atoms with Crippen LogP contribution in [-0.4, -0.2) is 36.1 Å². The van der Waals surface area contributed by atoms with Gasteiger partial charge < -0.3 is 10.6 Å². The van der Waals surface area contributed by atoms with Crippen molar-refractivity contribution >= 4 is 32.8 Å². The predicted octanol–water partition coefficient (Wildman–Crippen LogP) is 3.13. The number of primary sulfonamides is 1. The molecule has 0 amide bonds. The van der Waals surface area contributed by atoms with Crippen LogP contribution >= 0.6 is 0 Å². The van der Waals surface area contributed by atoms with Crippen LogP contribution in [0.2, 0.25) is 0 Å². The largest absolute Gasteiger partial charge is 0.405 e. The molecule has 3 rings (SSSR count). The predicted molar refractivity (Wildman–Crippen MR) is 106 cm³/mol. The fraction of sp³-hybridized carbons (Fsp3) is 0.278. The van der Waals surface area contributed by atoms with Gasteiger partial charge in [-0.25, -0.2) is 23.5 Å². The first-order chi connectivity index (χ1) is 13.9. The van der Waals surface area contributed by atoms with E-state index in [-0.39, 0.29) is 28.2 Å². The first kappa shape index (κ1) is 21.7. The van der Waals surface area contributed by atoms with Crippen molar-refractivity contribution in [2.75, 3.05) is 17.2 Å². The zero-order chi connectivity index (χ0) is 22.1. The second-order valence-electron chi connectivity index (χ2n) is 6.66. The van der Waals surface area contributed by atoms with E-state index in [2.05, 4.69) is 25.6 Å². The third-order valence-corrected chi connectivity index (χ3v) is 5.12. The third-order valence-electron chi connectivity index (χ3n) is 4.19. The van der Waals surface area contributed by atoms with E-state index in [0.29, 0.717) is 16.8 Å². The minimum absolute atomic E-state index is 0.0273. The summed E-state index contributed by atoms with van der Waals surface area (Å²) in [6.07, 6.45) is -4.42. The Kier molecular flexibility index (Phi) is 5.81. The summed E-state index contributed by atoms with van der Waals surface area (Å²) in [5.74, 6) is 0.0566. The van der Waals surface area contributed by atoms with Crippen LogP contribution in [0, 0.1) is 6.92 Å². The van der Waals surface area contributed by atoms with Crippen LogP contribution in [0.4, 0.5) is 24.9 Å². The van der Waals surface area contributed by atoms with Gasteiger partial charge in [0.05, 0.1) is 16.5 Å². The number of halogens is 3. The molecule has 0 aliphatic rings. The molecular formula is C18H19F3N6O2S. The number of anilines is 2. The molecule has 3 aromatic rings. The van der Waals surface area contributed by atoms with E-state index >= 15 is 0 Å². The molecule has 2 heterocycles. The number of nitrogens with one attached hydrogen (secondary N) is 2. The van der Waals surface area contributed by atoms with Gasteiger partial charge in [0, 0.05) is 5.69 Å². The van der Waals surface area contributed by atoms with Gasteiger partial charge in [-0.3, -0.25) is 0 Å². The van der Waals surface area contributed by atoms with Gasteiger partial charge >= 0.3 is 6.18 Å². The Morgan fingerprint density at radius 3 is 2.33 bits per heavy atom. The molecular weight excluding hydrogens is 421 g/mol. The van der Waals surface area contributed by atoms with Crippen LogP contribution in [0.5, 0.6) is 0 Å². The van der Waals surface area contributed by atoms with Crippen molar-refractivity contribution < 1.29 is 21.6 Å². The number of alkyl halides is 3. The van der Waals surface area contributed by atoms with Crippen molar-refractivity contribution in [1.82, 2.24) is 15.0 Å². The molecule has 0 aliphatic carbocycles. The van der Waals surface area contributed by atoms with Crippen molar-refractivity contribution in [3.8, 4) is 0 Å². The normalized spacial score (nSPS) is 13.3. The monoisotopic (exact) mass is 440 g/mol. The fourth-order valence-corrected chi connectivity index (χ4v) is 3.22. The first-order valence-electron chi connectivity index (χ1n) is 8.78. The molecule has 0 spiro atoms. The van der Waals surface area contributed by atoms with Gasteiger partial charge in [0.1, 0.15) is 12.1 Å². The Hall–Kier alpha value is -2.99. The summed E-state index contributed by atoms with van der Waals surface area (Å²) >= 11 is 0. The molecule has 2 aromatic heterocycles. The van der Waals surface area contributed by atoms with E-state index in [4.69, 9.17) is 5.14 Å². The maximum atomic E-state index is 12.7. The number of rotatable bonds is 6. The average Bonchev–Trinajstić information content (AvgIpc) is 2.65. The minimum atomic E-state index is -4.42. The van der Waals surface area contributed by atoms with Crippen LogP contribution in [0.1, 0.15) is 24.2 Å². The van der Waals surface area contributed by atoms with Gasteiger partial charge in [0.25, 0.3) is 0 Å². The summed E-state index contributed by atoms with van der Waals surface area (Å²) < 4.78 is 60.8. The maximum Gasteiger partial charge on any atom is 0.405 e. The molecule has 0 saturated heterocycles. The van der Waals surface area contributed by atoms with Crippen LogP contribution in [0.25, 0.3) is 11.0 Å². The average molecular weight is 440 g/mol. The summed E-state index contributed by atoms with van der Waals surface area (Å²) in [5, 5.41) is 10.4. The third kappa shape index (κ3) is 5.33. The van der Waals surface area contributed by atoms with Crippen molar-refractivity contribution in [1.29, 1.82) is 0 Å². The van der Waals surface area contributed by atoms with Gasteiger partial charge in [-0.05, 0) is 43.7 Å². The van der Waals surface area contributed by atoms with Crippen LogP contribution < -0.4 is 15.8 Å². The number of aryl methyl sites for hydroxylation is 1. The zero-order valence-electron chi connectivity index (χ0n) is 16.0. The molecule has 1 atom stereocenters. The highest BCUT2D eigenvalue weighted by molar-refractivity contribution is 7.89. The van der Waals surface area contributed by atoms with Crippen molar-refractivity contribution in [2.45, 2.75) is 31.0 Å². The lowest BCUT2D eigenvalue weighted by molar-refractivity contribution is -0.115. The Labute approximate surface area is 170 Å². The summed E-state index contributed by atoms with van der Waals surface area (Å²) in [4.78, 5) is 12.7. The fourth-order valence-electron chi connectivity index (χ4n) is 2.71. The number of pyridine rings is 1. The number of hydrogen-bond donors (Lipinski definition) is 3. The Balaban J connectivity index is 1.90. The molecule has 0 saturated carbocycles. The molecule has 1 aromatic carbocycles. The number of fused-ring (bicyclic) bond motifs is 1. The molecule has 12 heteroatoms. The van der Waals surface area contributed by atoms with Crippen LogP contribution in [0.15, 0.2) is 41.3 Å². The number of nitrogens with two attached hydrogens (primary N) is 1. The van der Waals surface area contributed by atoms with E-state index in [1.807, 2.05) is 0 Å². The number of nitrogens with zero attached hydrogens (tertiary/aromatic N) is 3. The van der Waals surface area contributed by atoms with E-state index in [9.17, 15) is 21.6 Å². The number of sulfonamides is 1. The lowest BCUT2D eigenvalue weighted by Crippen LogP contribution is -2.22. The van der Waals surface area contributed by atoms with Crippen molar-refractivity contribution in [2.24, 2.45) is 5.14 Å². The molecule has 0 aliphatic heterocycles. The maximum absolute atomic E-state index is 12.7. The zero-order valence-corrected chi connectivity index (χ0v) is 16.8. The minimum Gasteiger partial charge on any atom is -0.359 e. The highest BCUT2D eigenvalue weighted by Crippen LogP contribution is 2.25. The van der Waals surface area contributed by atoms with Gasteiger partial charge in [-0.1, -0.05) is 12.1 Å². The van der Waals surface area contributed by atoms with Gasteiger partial charge in [0.15, 0.2) is 5.82 Å². The molecule has 0 fully saturated rings. The van der Waals surface area contributed by atoms with E-state index < -0.39 is 22.7 Å². The topological polar surface area (TPSA) is 123 Å². The molecule has 0 unspecified atom stereocenters. The number of benzene rings is 1. The molecule has 4 N–H and O–H groups in total. The quantitative estimate of drug-likeness (QED) is 0.538. The lowest BCUT2D eigenvalue weighted by Gasteiger charge is -2.17. The number of hydrogen-bond acceptors (Lipinski definition) is 7. The van der Waals surface area contributed by atoms with E-state index in [1.165, 1.54) is 12.1 Å². The van der Waals surface area contributed by atoms with E-state index in [0.717, 1.165) is 0 Å². The molecule has 0 bridgehead atoms. The summed E-state index contributed by atoms with van der Waals surface area (Å²) in [6.45, 7) is 2.22. The summed E-state index contributed by atoms with van der Waals surface area (Å²) in [5.41, 5.74) is 1.93. The molecule has 8 nitrogen and oxygen atoms in total. The first-order valence-corrected chi connectivity index (χ1v) is 10.3. The van der Waals surface area contributed by atoms with Gasteiger partial charge in [-0.2, -0.15) is 18.2 Å². The van der Waals surface area contributed by atoms with Crippen LogP contribution in [0.3, 0.4) is 0 Å². The second-order valence-corrected chi connectivity index (χ2v) is 8.23. The van der Waals surface area contributed by atoms with Gasteiger partial charge in [-0.15, -0.1) is 0 Å². The van der Waals surface area contributed by atoms with E-state index in [1.54, 1.807) is 38.1 Å². The molecule has 0 radical (unpaired) electrons. The van der Waals surface area contributed by atoms with Crippen molar-refractivity contribution in [3.05, 3.63) is 47.7 Å². The summed E-state index contributed by atoms with van der Waals surface area (Å²) in [6, 6.07) is 8.86. The highest BCUT2D eigenvalue weighted by atomic mass is 32.2. The Bertz CT molecular complexity index is 1170. The lowest BCUT2D eigenvalue weighted by atomic mass is 10.1. The Morgan fingerprint density at radius 2 is 1.73 bits per heavy atom. The molecule has 30 heavy (non-hydrogen) atoms. The Morgan fingerprint density at radius 1 is 1.07 bits per heavy atom. The summed E-state index contributed by atoms with van der Waals surface area (Å²) in [7, 11) is -3.81. The molecule has 160 valence electrons. The highest BCUT2D eigenvalue weighted by Gasteiger charge is 2.27. The SMILES string of the molecule is Cc1ccc2nc(N[C@H](C)c3ccc(S(N)(=O)=O)cc3)nc(NCC(F)(F)F)c2n1. The standard InChI is InChI=1S/C18H19F3N6O2S/c1-10-3-8-14-15(24-10)16(23-9-18(19,20)21)27-17(26-14)25-11(2)12-4-6-13(7-5-12)30(22,28)29/h3-8,11H,9H2,1-2H3,(H2,22,28,29)(H2,23,25,26,27)/t11-/m1/s1. The number of aromatic nitrogens is 3. The van der Waals surface area contributed by atoms with Crippen LogP contribution in [-0.2, 0) is 10.0 Å². The van der Waals surface area contributed by atoms with Gasteiger partial charge in [0.2, 0.25) is 16.0 Å². The second kappa shape index (κ2) is 8.03. The smallest absolute Gasteiger partial charge is 0.359 e. The van der Waals surface area contributed by atoms with Crippen molar-refractivity contribution in [3.63, 3.8) is 0 Å².